The first-order valence-corrected chi connectivity index (χ1v) is 9.64. The Kier molecular flexibility index (Phi) is 3.92. The van der Waals surface area contributed by atoms with Crippen molar-refractivity contribution in [1.82, 2.24) is 9.97 Å². The molecule has 0 bridgehead atoms. The minimum Gasteiger partial charge on any atom is -0.431 e. The third-order valence-corrected chi connectivity index (χ3v) is 5.77. The number of oxazole rings is 2. The van der Waals surface area contributed by atoms with E-state index in [0.29, 0.717) is 10.4 Å². The number of aromatic nitrogens is 2. The third-order valence-electron chi connectivity index (χ3n) is 3.79. The van der Waals surface area contributed by atoms with Gasteiger partial charge in [0.25, 0.3) is 10.4 Å². The van der Waals surface area contributed by atoms with Crippen molar-refractivity contribution in [2.24, 2.45) is 0 Å². The molecule has 5 rings (SSSR count). The molecule has 0 aliphatic rings. The topological polar surface area (TPSA) is 52.1 Å². The number of hydrogen-bond donors (Lipinski definition) is 0. The van der Waals surface area contributed by atoms with Crippen LogP contribution < -0.4 is 0 Å². The van der Waals surface area contributed by atoms with Crippen LogP contribution in [-0.4, -0.2) is 9.97 Å². The van der Waals surface area contributed by atoms with Gasteiger partial charge in [-0.05, 0) is 59.9 Å². The van der Waals surface area contributed by atoms with Gasteiger partial charge in [-0.25, -0.2) is 9.97 Å². The molecule has 3 aromatic carbocycles. The first kappa shape index (κ1) is 15.5. The average molecular weight is 376 g/mol. The maximum atomic E-state index is 5.83. The minimum absolute atomic E-state index is 0.622. The summed E-state index contributed by atoms with van der Waals surface area (Å²) in [5, 5.41) is 1.24. The van der Waals surface area contributed by atoms with Crippen molar-refractivity contribution < 1.29 is 8.83 Å². The van der Waals surface area contributed by atoms with Crippen molar-refractivity contribution >= 4 is 45.7 Å². The Hall–Kier alpha value is -2.70. The Morgan fingerprint density at radius 2 is 0.962 bits per heavy atom. The summed E-state index contributed by atoms with van der Waals surface area (Å²) in [6.45, 7) is 0. The second kappa shape index (κ2) is 6.55. The number of nitrogens with zero attached hydrogens (tertiary/aromatic N) is 2. The average Bonchev–Trinajstić information content (AvgIpc) is 3.26. The van der Waals surface area contributed by atoms with Crippen LogP contribution in [0.1, 0.15) is 0 Å². The molecule has 0 N–H and O–H groups in total. The fraction of sp³-hybridized carbons (Fsp3) is 0. The zero-order chi connectivity index (χ0) is 17.3. The predicted molar refractivity (Wildman–Crippen MR) is 103 cm³/mol. The smallest absolute Gasteiger partial charge is 0.261 e. The van der Waals surface area contributed by atoms with Crippen LogP contribution in [0.3, 0.4) is 0 Å². The Morgan fingerprint density at radius 3 is 1.42 bits per heavy atom. The Bertz CT molecular complexity index is 1050. The summed E-state index contributed by atoms with van der Waals surface area (Å²) in [7, 11) is 0. The lowest BCUT2D eigenvalue weighted by Crippen LogP contribution is -1.80. The van der Waals surface area contributed by atoms with Crippen LogP contribution in [0.2, 0.25) is 0 Å². The van der Waals surface area contributed by atoms with Gasteiger partial charge in [0.2, 0.25) is 0 Å². The fourth-order valence-electron chi connectivity index (χ4n) is 2.60. The molecule has 2 heterocycles. The maximum Gasteiger partial charge on any atom is 0.261 e. The number of para-hydroxylation sites is 4. The van der Waals surface area contributed by atoms with Gasteiger partial charge >= 0.3 is 0 Å². The van der Waals surface area contributed by atoms with Gasteiger partial charge in [0.15, 0.2) is 11.2 Å². The van der Waals surface area contributed by atoms with Gasteiger partial charge in [0.05, 0.1) is 0 Å². The second-order valence-electron chi connectivity index (χ2n) is 5.55. The van der Waals surface area contributed by atoms with Crippen molar-refractivity contribution in [3.8, 4) is 0 Å². The van der Waals surface area contributed by atoms with Crippen LogP contribution >= 0.6 is 23.5 Å². The summed E-state index contributed by atoms with van der Waals surface area (Å²) in [6, 6.07) is 23.6. The molecule has 0 saturated carbocycles. The van der Waals surface area contributed by atoms with Crippen molar-refractivity contribution in [2.75, 3.05) is 0 Å². The van der Waals surface area contributed by atoms with Crippen LogP contribution in [0, 0.1) is 0 Å². The zero-order valence-corrected chi connectivity index (χ0v) is 15.1. The van der Waals surface area contributed by atoms with Crippen molar-refractivity contribution in [3.63, 3.8) is 0 Å². The fourth-order valence-corrected chi connectivity index (χ4v) is 4.40. The quantitative estimate of drug-likeness (QED) is 0.368. The number of rotatable bonds is 4. The standard InChI is InChI=1S/C20H12N2O2S2/c1-3-9-15-13(7-1)21-19(23-15)25-17-11-5-6-12-18(17)26-20-22-14-8-2-4-10-16(14)24-20/h1-12H. The lowest BCUT2D eigenvalue weighted by Gasteiger charge is -2.04. The van der Waals surface area contributed by atoms with Crippen LogP contribution in [0.25, 0.3) is 22.2 Å². The molecular formula is C20H12N2O2S2. The van der Waals surface area contributed by atoms with E-state index in [1.807, 2.05) is 72.8 Å². The molecule has 0 spiro atoms. The van der Waals surface area contributed by atoms with E-state index < -0.39 is 0 Å². The van der Waals surface area contributed by atoms with Crippen LogP contribution in [0.15, 0.2) is 102 Å². The zero-order valence-electron chi connectivity index (χ0n) is 13.5. The van der Waals surface area contributed by atoms with Gasteiger partial charge in [-0.2, -0.15) is 0 Å². The maximum absolute atomic E-state index is 5.83. The molecule has 0 aliphatic carbocycles. The number of benzene rings is 3. The third kappa shape index (κ3) is 2.98. The summed E-state index contributed by atoms with van der Waals surface area (Å²) < 4.78 is 11.7. The molecule has 0 aliphatic heterocycles. The van der Waals surface area contributed by atoms with E-state index in [1.165, 1.54) is 23.5 Å². The second-order valence-corrected chi connectivity index (χ2v) is 7.53. The molecule has 0 saturated heterocycles. The highest BCUT2D eigenvalue weighted by atomic mass is 32.2. The number of hydrogen-bond acceptors (Lipinski definition) is 6. The Balaban J connectivity index is 1.46. The Morgan fingerprint density at radius 1 is 0.538 bits per heavy atom. The van der Waals surface area contributed by atoms with Gasteiger partial charge in [-0.3, -0.25) is 0 Å². The van der Waals surface area contributed by atoms with E-state index in [2.05, 4.69) is 9.97 Å². The summed E-state index contributed by atoms with van der Waals surface area (Å²) in [4.78, 5) is 11.2. The van der Waals surface area contributed by atoms with E-state index >= 15 is 0 Å². The highest BCUT2D eigenvalue weighted by Gasteiger charge is 2.13. The van der Waals surface area contributed by atoms with E-state index in [0.717, 1.165) is 32.0 Å². The predicted octanol–water partition coefficient (Wildman–Crippen LogP) is 6.27. The monoisotopic (exact) mass is 376 g/mol. The molecule has 6 heteroatoms. The van der Waals surface area contributed by atoms with Gasteiger partial charge in [-0.15, -0.1) is 0 Å². The van der Waals surface area contributed by atoms with E-state index in [1.54, 1.807) is 0 Å². The first-order valence-electron chi connectivity index (χ1n) is 8.01. The van der Waals surface area contributed by atoms with Gasteiger partial charge in [0, 0.05) is 9.79 Å². The minimum atomic E-state index is 0.622. The van der Waals surface area contributed by atoms with Crippen LogP contribution in [-0.2, 0) is 0 Å². The van der Waals surface area contributed by atoms with E-state index in [-0.39, 0.29) is 0 Å². The van der Waals surface area contributed by atoms with Crippen LogP contribution in [0.4, 0.5) is 0 Å². The van der Waals surface area contributed by atoms with Crippen LogP contribution in [0.5, 0.6) is 0 Å². The van der Waals surface area contributed by atoms with Crippen molar-refractivity contribution in [3.05, 3.63) is 72.8 Å². The van der Waals surface area contributed by atoms with E-state index in [4.69, 9.17) is 8.83 Å². The lowest BCUT2D eigenvalue weighted by atomic mass is 10.3. The molecule has 0 fully saturated rings. The number of fused-ring (bicyclic) bond motifs is 2. The summed E-state index contributed by atoms with van der Waals surface area (Å²) in [5.74, 6) is 0. The van der Waals surface area contributed by atoms with Crippen molar-refractivity contribution in [2.45, 2.75) is 20.2 Å². The van der Waals surface area contributed by atoms with Gasteiger partial charge in [0.1, 0.15) is 11.0 Å². The highest BCUT2D eigenvalue weighted by Crippen LogP contribution is 2.39. The van der Waals surface area contributed by atoms with E-state index in [9.17, 15) is 0 Å². The summed E-state index contributed by atoms with van der Waals surface area (Å²) in [6.07, 6.45) is 0. The van der Waals surface area contributed by atoms with Gasteiger partial charge < -0.3 is 8.83 Å². The molecule has 126 valence electrons. The normalized spacial score (nSPS) is 11.4. The van der Waals surface area contributed by atoms with Crippen molar-refractivity contribution in [1.29, 1.82) is 0 Å². The highest BCUT2D eigenvalue weighted by molar-refractivity contribution is 8.02. The SMILES string of the molecule is c1ccc(Sc2nc3ccccc3o2)c(Sc2nc3ccccc3o2)c1. The molecular weight excluding hydrogens is 364 g/mol. The molecule has 0 atom stereocenters. The first-order chi connectivity index (χ1) is 12.8. The molecule has 0 amide bonds. The molecule has 0 unspecified atom stereocenters. The summed E-state index contributed by atoms with van der Waals surface area (Å²) >= 11 is 3.00. The largest absolute Gasteiger partial charge is 0.431 e. The lowest BCUT2D eigenvalue weighted by molar-refractivity contribution is 0.488. The Labute approximate surface area is 157 Å². The molecule has 2 aromatic heterocycles. The molecule has 5 aromatic rings. The van der Waals surface area contributed by atoms with Gasteiger partial charge in [-0.1, -0.05) is 36.4 Å². The molecule has 4 nitrogen and oxygen atoms in total. The molecule has 26 heavy (non-hydrogen) atoms. The molecule has 0 radical (unpaired) electrons. The summed E-state index contributed by atoms with van der Waals surface area (Å²) in [5.41, 5.74) is 3.30.